The number of benzene rings is 2. The number of piperazine rings is 1. The number of aryl methyl sites for hydroxylation is 2. The number of hydrogen-bond donors (Lipinski definition) is 1. The average molecular weight is 405 g/mol. The van der Waals surface area contributed by atoms with Gasteiger partial charge in [0.05, 0.1) is 0 Å². The summed E-state index contributed by atoms with van der Waals surface area (Å²) in [6.45, 7) is 6.30. The fourth-order valence-corrected chi connectivity index (χ4v) is 3.46. The lowest BCUT2D eigenvalue weighted by Gasteiger charge is -2.35. The first-order chi connectivity index (χ1) is 14.5. The molecule has 1 N–H and O–H groups in total. The Morgan fingerprint density at radius 3 is 2.40 bits per heavy atom. The van der Waals surface area contributed by atoms with Crippen LogP contribution < -0.4 is 10.2 Å². The Kier molecular flexibility index (Phi) is 5.61. The molecule has 0 unspecified atom stereocenters. The van der Waals surface area contributed by atoms with Gasteiger partial charge in [-0.05, 0) is 44.2 Å². The first-order valence-electron chi connectivity index (χ1n) is 9.97. The van der Waals surface area contributed by atoms with E-state index < -0.39 is 5.82 Å². The van der Waals surface area contributed by atoms with Crippen LogP contribution in [0.2, 0.25) is 0 Å². The monoisotopic (exact) mass is 405 g/mol. The number of aromatic nitrogens is 2. The van der Waals surface area contributed by atoms with E-state index in [1.165, 1.54) is 17.7 Å². The molecule has 1 aliphatic rings. The highest BCUT2D eigenvalue weighted by atomic mass is 19.1. The van der Waals surface area contributed by atoms with Gasteiger partial charge in [0, 0.05) is 49.2 Å². The molecule has 0 saturated carbocycles. The van der Waals surface area contributed by atoms with E-state index in [2.05, 4.69) is 27.1 Å². The van der Waals surface area contributed by atoms with Crippen LogP contribution in [0.15, 0.2) is 54.6 Å². The van der Waals surface area contributed by atoms with Gasteiger partial charge in [0.1, 0.15) is 11.6 Å². The number of carbonyl (C=O) groups is 1. The van der Waals surface area contributed by atoms with E-state index >= 15 is 0 Å². The summed E-state index contributed by atoms with van der Waals surface area (Å²) >= 11 is 0. The fourth-order valence-electron chi connectivity index (χ4n) is 3.46. The summed E-state index contributed by atoms with van der Waals surface area (Å²) in [7, 11) is 0. The van der Waals surface area contributed by atoms with Gasteiger partial charge < -0.3 is 15.1 Å². The van der Waals surface area contributed by atoms with Gasteiger partial charge in [-0.1, -0.05) is 23.8 Å². The molecule has 1 amide bonds. The van der Waals surface area contributed by atoms with Crippen molar-refractivity contribution in [3.05, 3.63) is 77.2 Å². The summed E-state index contributed by atoms with van der Waals surface area (Å²) in [6.07, 6.45) is 0. The van der Waals surface area contributed by atoms with E-state index in [1.54, 1.807) is 17.0 Å². The van der Waals surface area contributed by atoms with E-state index in [-0.39, 0.29) is 5.91 Å². The van der Waals surface area contributed by atoms with Crippen molar-refractivity contribution in [2.45, 2.75) is 13.8 Å². The largest absolute Gasteiger partial charge is 0.340 e. The maximum atomic E-state index is 13.4. The molecule has 2 aromatic carbocycles. The number of halogens is 1. The Morgan fingerprint density at radius 2 is 1.70 bits per heavy atom. The van der Waals surface area contributed by atoms with Crippen LogP contribution in [-0.2, 0) is 0 Å². The molecule has 4 rings (SSSR count). The molecular formula is C23H24FN5O. The molecular weight excluding hydrogens is 381 g/mol. The van der Waals surface area contributed by atoms with Crippen LogP contribution in [0.4, 0.5) is 21.8 Å². The smallest absolute Gasteiger partial charge is 0.254 e. The summed E-state index contributed by atoms with van der Waals surface area (Å²) < 4.78 is 13.4. The Labute approximate surface area is 175 Å². The van der Waals surface area contributed by atoms with E-state index in [0.717, 1.165) is 17.2 Å². The maximum Gasteiger partial charge on any atom is 0.254 e. The van der Waals surface area contributed by atoms with Gasteiger partial charge in [-0.3, -0.25) is 4.79 Å². The van der Waals surface area contributed by atoms with Crippen LogP contribution in [0, 0.1) is 19.7 Å². The highest BCUT2D eigenvalue weighted by Gasteiger charge is 2.24. The van der Waals surface area contributed by atoms with Crippen LogP contribution in [0.5, 0.6) is 0 Å². The van der Waals surface area contributed by atoms with Gasteiger partial charge in [0.25, 0.3) is 5.91 Å². The lowest BCUT2D eigenvalue weighted by Crippen LogP contribution is -2.49. The van der Waals surface area contributed by atoms with Crippen LogP contribution in [0.3, 0.4) is 0 Å². The number of nitrogens with one attached hydrogen (secondary N) is 1. The third kappa shape index (κ3) is 4.56. The molecule has 154 valence electrons. The summed E-state index contributed by atoms with van der Waals surface area (Å²) in [4.78, 5) is 25.7. The minimum absolute atomic E-state index is 0.152. The molecule has 30 heavy (non-hydrogen) atoms. The Balaban J connectivity index is 1.43. The Bertz CT molecular complexity index is 1050. The van der Waals surface area contributed by atoms with Crippen molar-refractivity contribution in [2.75, 3.05) is 36.4 Å². The maximum absolute atomic E-state index is 13.4. The zero-order valence-corrected chi connectivity index (χ0v) is 17.1. The fraction of sp³-hybridized carbons (Fsp3) is 0.261. The van der Waals surface area contributed by atoms with E-state index in [1.807, 2.05) is 37.3 Å². The van der Waals surface area contributed by atoms with Gasteiger partial charge in [-0.25, -0.2) is 9.37 Å². The number of rotatable bonds is 4. The van der Waals surface area contributed by atoms with Crippen molar-refractivity contribution in [2.24, 2.45) is 0 Å². The molecule has 6 nitrogen and oxygen atoms in total. The molecule has 0 aliphatic carbocycles. The third-order valence-electron chi connectivity index (χ3n) is 5.09. The van der Waals surface area contributed by atoms with Crippen LogP contribution in [-0.4, -0.2) is 47.0 Å². The highest BCUT2D eigenvalue weighted by Crippen LogP contribution is 2.20. The van der Waals surface area contributed by atoms with Crippen molar-refractivity contribution in [3.63, 3.8) is 0 Å². The van der Waals surface area contributed by atoms with Crippen molar-refractivity contribution < 1.29 is 9.18 Å². The molecule has 1 saturated heterocycles. The number of carbonyl (C=O) groups excluding carboxylic acids is 1. The highest BCUT2D eigenvalue weighted by molar-refractivity contribution is 5.94. The normalized spacial score (nSPS) is 14.0. The van der Waals surface area contributed by atoms with Crippen LogP contribution in [0.1, 0.15) is 21.6 Å². The molecule has 0 radical (unpaired) electrons. The second kappa shape index (κ2) is 8.49. The molecule has 1 aromatic heterocycles. The van der Waals surface area contributed by atoms with Crippen molar-refractivity contribution >= 4 is 23.4 Å². The molecule has 1 aliphatic heterocycles. The molecule has 2 heterocycles. The van der Waals surface area contributed by atoms with Gasteiger partial charge in [0.15, 0.2) is 0 Å². The quantitative estimate of drug-likeness (QED) is 0.713. The van der Waals surface area contributed by atoms with E-state index in [9.17, 15) is 9.18 Å². The summed E-state index contributed by atoms with van der Waals surface area (Å²) in [5, 5.41) is 3.33. The minimum atomic E-state index is -0.402. The molecule has 0 bridgehead atoms. The first-order valence-corrected chi connectivity index (χ1v) is 9.97. The van der Waals surface area contributed by atoms with Gasteiger partial charge >= 0.3 is 0 Å². The number of anilines is 3. The summed E-state index contributed by atoms with van der Waals surface area (Å²) in [6, 6.07) is 15.9. The second-order valence-electron chi connectivity index (χ2n) is 7.48. The Hall–Kier alpha value is -3.48. The third-order valence-corrected chi connectivity index (χ3v) is 5.09. The van der Waals surface area contributed by atoms with Crippen molar-refractivity contribution in [1.29, 1.82) is 0 Å². The van der Waals surface area contributed by atoms with Gasteiger partial charge in [-0.15, -0.1) is 0 Å². The minimum Gasteiger partial charge on any atom is -0.340 e. The van der Waals surface area contributed by atoms with Crippen molar-refractivity contribution in [3.8, 4) is 0 Å². The van der Waals surface area contributed by atoms with Gasteiger partial charge in [-0.2, -0.15) is 4.98 Å². The predicted octanol–water partition coefficient (Wildman–Crippen LogP) is 3.94. The van der Waals surface area contributed by atoms with E-state index in [4.69, 9.17) is 0 Å². The lowest BCUT2D eigenvalue weighted by atomic mass is 10.2. The topological polar surface area (TPSA) is 61.4 Å². The van der Waals surface area contributed by atoms with Crippen LogP contribution >= 0.6 is 0 Å². The summed E-state index contributed by atoms with van der Waals surface area (Å²) in [5.74, 6) is 0.823. The number of nitrogens with zero attached hydrogens (tertiary/aromatic N) is 4. The average Bonchev–Trinajstić information content (AvgIpc) is 2.74. The lowest BCUT2D eigenvalue weighted by molar-refractivity contribution is 0.0745. The van der Waals surface area contributed by atoms with E-state index in [0.29, 0.717) is 37.7 Å². The molecule has 0 spiro atoms. The van der Waals surface area contributed by atoms with Crippen LogP contribution in [0.25, 0.3) is 0 Å². The standard InChI is InChI=1S/C23H24FN5O/c1-16-6-8-20(9-7-16)26-21-14-17(2)25-23(27-21)29-12-10-28(11-13-29)22(30)18-4-3-5-19(24)15-18/h3-9,14-15H,10-13H2,1-2H3,(H,25,26,27). The molecule has 1 fully saturated rings. The van der Waals surface area contributed by atoms with Gasteiger partial charge in [0.2, 0.25) is 5.95 Å². The predicted molar refractivity (Wildman–Crippen MR) is 116 cm³/mol. The van der Waals surface area contributed by atoms with Crippen molar-refractivity contribution in [1.82, 2.24) is 14.9 Å². The molecule has 3 aromatic rings. The number of amides is 1. The number of hydrogen-bond acceptors (Lipinski definition) is 5. The zero-order valence-electron chi connectivity index (χ0n) is 17.1. The SMILES string of the molecule is Cc1ccc(Nc2cc(C)nc(N3CCN(C(=O)c4cccc(F)c4)CC3)n2)cc1. The molecule has 0 atom stereocenters. The Morgan fingerprint density at radius 1 is 0.967 bits per heavy atom. The summed E-state index contributed by atoms with van der Waals surface area (Å²) in [5.41, 5.74) is 3.41. The zero-order chi connectivity index (χ0) is 21.1. The molecule has 7 heteroatoms. The second-order valence-corrected chi connectivity index (χ2v) is 7.48. The first kappa shape index (κ1) is 19.8.